The highest BCUT2D eigenvalue weighted by Crippen LogP contribution is 2.29. The summed E-state index contributed by atoms with van der Waals surface area (Å²) in [5, 5.41) is 3.65. The van der Waals surface area contributed by atoms with Gasteiger partial charge < -0.3 is 9.73 Å². The first-order chi connectivity index (χ1) is 8.33. The van der Waals surface area contributed by atoms with Gasteiger partial charge in [0.15, 0.2) is 0 Å². The van der Waals surface area contributed by atoms with Gasteiger partial charge in [-0.1, -0.05) is 33.6 Å². The van der Waals surface area contributed by atoms with Crippen molar-refractivity contribution in [3.8, 4) is 0 Å². The van der Waals surface area contributed by atoms with Crippen LogP contribution in [0.1, 0.15) is 64.7 Å². The zero-order valence-electron chi connectivity index (χ0n) is 11.5. The Morgan fingerprint density at radius 3 is 2.29 bits per heavy atom. The van der Waals surface area contributed by atoms with Crippen LogP contribution in [0.15, 0.2) is 22.8 Å². The number of rotatable bonds is 9. The molecule has 0 aliphatic heterocycles. The minimum atomic E-state index is 0.393. The van der Waals surface area contributed by atoms with Crippen LogP contribution in [0.2, 0.25) is 0 Å². The molecular weight excluding hydrogens is 210 g/mol. The summed E-state index contributed by atoms with van der Waals surface area (Å²) in [5.74, 6) is 1.80. The number of hydrogen-bond donors (Lipinski definition) is 1. The summed E-state index contributed by atoms with van der Waals surface area (Å²) in [5.41, 5.74) is 0. The summed E-state index contributed by atoms with van der Waals surface area (Å²) in [7, 11) is 0. The van der Waals surface area contributed by atoms with Crippen LogP contribution in [0.3, 0.4) is 0 Å². The molecule has 0 aliphatic rings. The van der Waals surface area contributed by atoms with Crippen molar-refractivity contribution in [2.24, 2.45) is 5.92 Å². The van der Waals surface area contributed by atoms with Gasteiger partial charge in [0.05, 0.1) is 12.3 Å². The third-order valence-electron chi connectivity index (χ3n) is 3.25. The Morgan fingerprint density at radius 1 is 1.12 bits per heavy atom. The summed E-state index contributed by atoms with van der Waals surface area (Å²) >= 11 is 0. The molecule has 1 rings (SSSR count). The Kier molecular flexibility index (Phi) is 7.02. The molecule has 0 fully saturated rings. The van der Waals surface area contributed by atoms with E-state index in [0.717, 1.165) is 12.3 Å². The molecule has 0 bridgehead atoms. The average Bonchev–Trinajstić information content (AvgIpc) is 2.84. The molecule has 1 heterocycles. The molecule has 0 aliphatic carbocycles. The number of nitrogens with one attached hydrogen (secondary N) is 1. The van der Waals surface area contributed by atoms with Gasteiger partial charge in [0.1, 0.15) is 5.76 Å². The Bertz CT molecular complexity index is 262. The zero-order valence-corrected chi connectivity index (χ0v) is 11.5. The maximum atomic E-state index is 5.60. The molecule has 98 valence electrons. The van der Waals surface area contributed by atoms with Gasteiger partial charge in [-0.15, -0.1) is 0 Å². The van der Waals surface area contributed by atoms with Gasteiger partial charge in [0, 0.05) is 0 Å². The zero-order chi connectivity index (χ0) is 12.5. The molecule has 1 aromatic rings. The quantitative estimate of drug-likeness (QED) is 0.682. The van der Waals surface area contributed by atoms with Crippen molar-refractivity contribution in [3.05, 3.63) is 24.2 Å². The smallest absolute Gasteiger partial charge is 0.120 e. The Balaban J connectivity index is 2.71. The van der Waals surface area contributed by atoms with Gasteiger partial charge in [-0.2, -0.15) is 0 Å². The first-order valence-corrected chi connectivity index (χ1v) is 7.10. The molecule has 2 heteroatoms. The van der Waals surface area contributed by atoms with E-state index in [9.17, 15) is 0 Å². The molecule has 0 amide bonds. The van der Waals surface area contributed by atoms with Crippen molar-refractivity contribution in [2.45, 2.75) is 58.9 Å². The van der Waals surface area contributed by atoms with Crippen molar-refractivity contribution in [1.29, 1.82) is 0 Å². The monoisotopic (exact) mass is 237 g/mol. The van der Waals surface area contributed by atoms with Gasteiger partial charge in [-0.05, 0) is 43.9 Å². The highest BCUT2D eigenvalue weighted by atomic mass is 16.3. The highest BCUT2D eigenvalue weighted by Gasteiger charge is 2.23. The largest absolute Gasteiger partial charge is 0.468 e. The fourth-order valence-corrected chi connectivity index (χ4v) is 2.49. The van der Waals surface area contributed by atoms with E-state index in [4.69, 9.17) is 4.42 Å². The lowest BCUT2D eigenvalue weighted by Crippen LogP contribution is -2.28. The second-order valence-corrected chi connectivity index (χ2v) is 4.78. The second-order valence-electron chi connectivity index (χ2n) is 4.78. The lowest BCUT2D eigenvalue weighted by Gasteiger charge is -2.26. The van der Waals surface area contributed by atoms with E-state index >= 15 is 0 Å². The molecule has 0 saturated heterocycles. The highest BCUT2D eigenvalue weighted by molar-refractivity contribution is 5.06. The molecule has 0 spiro atoms. The number of hydrogen-bond acceptors (Lipinski definition) is 2. The third-order valence-corrected chi connectivity index (χ3v) is 3.25. The number of furan rings is 1. The minimum Gasteiger partial charge on any atom is -0.468 e. The van der Waals surface area contributed by atoms with E-state index in [-0.39, 0.29) is 0 Å². The van der Waals surface area contributed by atoms with E-state index in [2.05, 4.69) is 32.2 Å². The van der Waals surface area contributed by atoms with Crippen LogP contribution < -0.4 is 5.32 Å². The van der Waals surface area contributed by atoms with Crippen molar-refractivity contribution in [3.63, 3.8) is 0 Å². The topological polar surface area (TPSA) is 25.2 Å². The maximum Gasteiger partial charge on any atom is 0.120 e. The second kappa shape index (κ2) is 8.35. The SMILES string of the molecule is CCCNC(c1ccco1)C(CCC)CCC. The van der Waals surface area contributed by atoms with Crippen molar-refractivity contribution in [1.82, 2.24) is 5.32 Å². The molecule has 0 aromatic carbocycles. The van der Waals surface area contributed by atoms with E-state index in [1.165, 1.54) is 32.1 Å². The summed E-state index contributed by atoms with van der Waals surface area (Å²) < 4.78 is 5.60. The molecule has 0 radical (unpaired) electrons. The molecule has 1 atom stereocenters. The average molecular weight is 237 g/mol. The summed E-state index contributed by atoms with van der Waals surface area (Å²) in [6.45, 7) is 7.81. The van der Waals surface area contributed by atoms with E-state index in [1.807, 2.05) is 6.07 Å². The molecule has 1 unspecified atom stereocenters. The predicted octanol–water partition coefficient (Wildman–Crippen LogP) is 4.54. The lowest BCUT2D eigenvalue weighted by molar-refractivity contribution is 0.277. The van der Waals surface area contributed by atoms with Gasteiger partial charge in [-0.3, -0.25) is 0 Å². The molecule has 2 nitrogen and oxygen atoms in total. The van der Waals surface area contributed by atoms with Gasteiger partial charge >= 0.3 is 0 Å². The van der Waals surface area contributed by atoms with Crippen LogP contribution in [0.4, 0.5) is 0 Å². The summed E-state index contributed by atoms with van der Waals surface area (Å²) in [6, 6.07) is 4.49. The fraction of sp³-hybridized carbons (Fsp3) is 0.733. The van der Waals surface area contributed by atoms with Crippen LogP contribution in [0, 0.1) is 5.92 Å². The van der Waals surface area contributed by atoms with Crippen LogP contribution in [0.5, 0.6) is 0 Å². The molecule has 1 N–H and O–H groups in total. The van der Waals surface area contributed by atoms with Crippen LogP contribution >= 0.6 is 0 Å². The van der Waals surface area contributed by atoms with Crippen LogP contribution in [0.25, 0.3) is 0 Å². The Morgan fingerprint density at radius 2 is 1.82 bits per heavy atom. The van der Waals surface area contributed by atoms with Crippen molar-refractivity contribution >= 4 is 0 Å². The Hall–Kier alpha value is -0.760. The van der Waals surface area contributed by atoms with Gasteiger partial charge in [-0.25, -0.2) is 0 Å². The van der Waals surface area contributed by atoms with E-state index in [1.54, 1.807) is 6.26 Å². The summed E-state index contributed by atoms with van der Waals surface area (Å²) in [4.78, 5) is 0. The first kappa shape index (κ1) is 14.3. The van der Waals surface area contributed by atoms with Crippen molar-refractivity contribution in [2.75, 3.05) is 6.54 Å². The summed E-state index contributed by atoms with van der Waals surface area (Å²) in [6.07, 6.45) is 7.99. The predicted molar refractivity (Wildman–Crippen MR) is 73.0 cm³/mol. The van der Waals surface area contributed by atoms with Crippen molar-refractivity contribution < 1.29 is 4.42 Å². The first-order valence-electron chi connectivity index (χ1n) is 7.10. The van der Waals surface area contributed by atoms with E-state index < -0.39 is 0 Å². The lowest BCUT2D eigenvalue weighted by atomic mass is 9.89. The fourth-order valence-electron chi connectivity index (χ4n) is 2.49. The van der Waals surface area contributed by atoms with Gasteiger partial charge in [0.2, 0.25) is 0 Å². The van der Waals surface area contributed by atoms with E-state index in [0.29, 0.717) is 12.0 Å². The molecular formula is C15H27NO. The van der Waals surface area contributed by atoms with Crippen LogP contribution in [-0.4, -0.2) is 6.54 Å². The normalized spacial score (nSPS) is 13.2. The minimum absolute atomic E-state index is 0.393. The third kappa shape index (κ3) is 4.55. The maximum absolute atomic E-state index is 5.60. The molecule has 17 heavy (non-hydrogen) atoms. The van der Waals surface area contributed by atoms with Gasteiger partial charge in [0.25, 0.3) is 0 Å². The van der Waals surface area contributed by atoms with Crippen LogP contribution in [-0.2, 0) is 0 Å². The molecule has 1 aromatic heterocycles. The Labute approximate surface area is 106 Å². The molecule has 0 saturated carbocycles. The standard InChI is InChI=1S/C15H27NO/c1-4-8-13(9-5-2)15(16-11-6-3)14-10-7-12-17-14/h7,10,12-13,15-16H,4-6,8-9,11H2,1-3H3.